The number of hydrogen-bond acceptors (Lipinski definition) is 4. The average molecular weight is 333 g/mol. The van der Waals surface area contributed by atoms with Crippen LogP contribution in [0.2, 0.25) is 0 Å². The van der Waals surface area contributed by atoms with E-state index in [1.165, 1.54) is 0 Å². The van der Waals surface area contributed by atoms with Crippen molar-refractivity contribution in [1.29, 1.82) is 0 Å². The highest BCUT2D eigenvalue weighted by molar-refractivity contribution is 5.95. The number of amides is 1. The SMILES string of the molecule is O=C(O)CC[C@@H]1CCCN(C(=O)c2ccc3c(c2)OCCCO3)C1. The summed E-state index contributed by atoms with van der Waals surface area (Å²) in [4.78, 5) is 25.3. The Kier molecular flexibility index (Phi) is 5.23. The van der Waals surface area contributed by atoms with Gasteiger partial charge < -0.3 is 19.5 Å². The van der Waals surface area contributed by atoms with E-state index in [0.29, 0.717) is 43.2 Å². The molecule has 6 nitrogen and oxygen atoms in total. The molecular weight excluding hydrogens is 310 g/mol. The van der Waals surface area contributed by atoms with Gasteiger partial charge in [0.25, 0.3) is 5.91 Å². The van der Waals surface area contributed by atoms with Gasteiger partial charge in [-0.05, 0) is 43.4 Å². The van der Waals surface area contributed by atoms with Gasteiger partial charge in [0, 0.05) is 31.5 Å². The molecule has 1 aromatic rings. The largest absolute Gasteiger partial charge is 0.490 e. The molecule has 0 spiro atoms. The summed E-state index contributed by atoms with van der Waals surface area (Å²) in [7, 11) is 0. The zero-order chi connectivity index (χ0) is 16.9. The molecule has 1 atom stereocenters. The number of aliphatic carboxylic acids is 1. The topological polar surface area (TPSA) is 76.1 Å². The second-order valence-corrected chi connectivity index (χ2v) is 6.40. The number of benzene rings is 1. The van der Waals surface area contributed by atoms with Crippen molar-refractivity contribution in [3.63, 3.8) is 0 Å². The van der Waals surface area contributed by atoms with E-state index >= 15 is 0 Å². The zero-order valence-corrected chi connectivity index (χ0v) is 13.7. The molecule has 1 fully saturated rings. The van der Waals surface area contributed by atoms with Crippen molar-refractivity contribution >= 4 is 11.9 Å². The third-order valence-corrected chi connectivity index (χ3v) is 4.57. The van der Waals surface area contributed by atoms with Crippen molar-refractivity contribution in [3.8, 4) is 11.5 Å². The van der Waals surface area contributed by atoms with E-state index < -0.39 is 5.97 Å². The standard InChI is InChI=1S/C18H23NO5/c20-17(21)7-4-13-3-1-8-19(12-13)18(22)14-5-6-15-16(11-14)24-10-2-9-23-15/h5-6,11,13H,1-4,7-10,12H2,(H,20,21)/t13-/m0/s1. The molecule has 6 heteroatoms. The molecule has 3 rings (SSSR count). The molecule has 0 bridgehead atoms. The van der Waals surface area contributed by atoms with E-state index in [2.05, 4.69) is 0 Å². The number of hydrogen-bond donors (Lipinski definition) is 1. The highest BCUT2D eigenvalue weighted by Crippen LogP contribution is 2.31. The van der Waals surface area contributed by atoms with Gasteiger partial charge in [-0.25, -0.2) is 0 Å². The number of rotatable bonds is 4. The maximum atomic E-state index is 12.8. The smallest absolute Gasteiger partial charge is 0.303 e. The molecule has 1 N–H and O–H groups in total. The van der Waals surface area contributed by atoms with Crippen LogP contribution in [0, 0.1) is 5.92 Å². The number of likely N-dealkylation sites (tertiary alicyclic amines) is 1. The predicted molar refractivity (Wildman–Crippen MR) is 87.5 cm³/mol. The Balaban J connectivity index is 1.67. The average Bonchev–Trinajstić information content (AvgIpc) is 2.84. The fourth-order valence-corrected chi connectivity index (χ4v) is 3.29. The maximum absolute atomic E-state index is 12.8. The van der Waals surface area contributed by atoms with Gasteiger partial charge in [0.05, 0.1) is 13.2 Å². The summed E-state index contributed by atoms with van der Waals surface area (Å²) in [5, 5.41) is 8.83. The molecular formula is C18H23NO5. The lowest BCUT2D eigenvalue weighted by molar-refractivity contribution is -0.137. The van der Waals surface area contributed by atoms with Gasteiger partial charge in [-0.1, -0.05) is 0 Å². The lowest BCUT2D eigenvalue weighted by Gasteiger charge is -2.32. The van der Waals surface area contributed by atoms with Crippen LogP contribution in [0.5, 0.6) is 11.5 Å². The Hall–Kier alpha value is -2.24. The summed E-state index contributed by atoms with van der Waals surface area (Å²) >= 11 is 0. The third kappa shape index (κ3) is 3.99. The van der Waals surface area contributed by atoms with Crippen LogP contribution in [0.3, 0.4) is 0 Å². The van der Waals surface area contributed by atoms with Crippen molar-refractivity contribution in [1.82, 2.24) is 4.90 Å². The molecule has 2 aliphatic rings. The molecule has 1 amide bonds. The van der Waals surface area contributed by atoms with Gasteiger partial charge in [-0.15, -0.1) is 0 Å². The molecule has 1 aromatic carbocycles. The minimum absolute atomic E-state index is 0.0225. The van der Waals surface area contributed by atoms with Crippen LogP contribution in [0.15, 0.2) is 18.2 Å². The van der Waals surface area contributed by atoms with Crippen LogP contribution in [-0.4, -0.2) is 48.2 Å². The molecule has 2 heterocycles. The van der Waals surface area contributed by atoms with Gasteiger partial charge in [0.2, 0.25) is 0 Å². The summed E-state index contributed by atoms with van der Waals surface area (Å²) in [6.45, 7) is 2.56. The zero-order valence-electron chi connectivity index (χ0n) is 13.7. The van der Waals surface area contributed by atoms with E-state index in [1.54, 1.807) is 18.2 Å². The molecule has 2 aliphatic heterocycles. The number of carbonyl (C=O) groups excluding carboxylic acids is 1. The maximum Gasteiger partial charge on any atom is 0.303 e. The first-order chi connectivity index (χ1) is 11.6. The first-order valence-electron chi connectivity index (χ1n) is 8.54. The van der Waals surface area contributed by atoms with Crippen LogP contribution in [0.1, 0.15) is 42.5 Å². The number of carbonyl (C=O) groups is 2. The highest BCUT2D eigenvalue weighted by Gasteiger charge is 2.25. The molecule has 0 radical (unpaired) electrons. The predicted octanol–water partition coefficient (Wildman–Crippen LogP) is 2.56. The normalized spacial score (nSPS) is 20.3. The van der Waals surface area contributed by atoms with Crippen LogP contribution in [-0.2, 0) is 4.79 Å². The molecule has 24 heavy (non-hydrogen) atoms. The minimum atomic E-state index is -0.777. The van der Waals surface area contributed by atoms with Crippen molar-refractivity contribution < 1.29 is 24.2 Å². The van der Waals surface area contributed by atoms with Crippen LogP contribution in [0.4, 0.5) is 0 Å². The van der Waals surface area contributed by atoms with E-state index in [1.807, 2.05) is 4.90 Å². The first-order valence-corrected chi connectivity index (χ1v) is 8.54. The van der Waals surface area contributed by atoms with Crippen molar-refractivity contribution in [2.24, 2.45) is 5.92 Å². The lowest BCUT2D eigenvalue weighted by atomic mass is 9.93. The fourth-order valence-electron chi connectivity index (χ4n) is 3.29. The second-order valence-electron chi connectivity index (χ2n) is 6.40. The molecule has 0 saturated carbocycles. The number of ether oxygens (including phenoxy) is 2. The van der Waals surface area contributed by atoms with E-state index in [9.17, 15) is 9.59 Å². The monoisotopic (exact) mass is 333 g/mol. The molecule has 0 unspecified atom stereocenters. The molecule has 0 aliphatic carbocycles. The van der Waals surface area contributed by atoms with Crippen LogP contribution >= 0.6 is 0 Å². The quantitative estimate of drug-likeness (QED) is 0.916. The molecule has 130 valence electrons. The Morgan fingerprint density at radius 2 is 1.96 bits per heavy atom. The van der Waals surface area contributed by atoms with Crippen molar-refractivity contribution in [2.45, 2.75) is 32.1 Å². The van der Waals surface area contributed by atoms with Gasteiger partial charge in [0.1, 0.15) is 0 Å². The van der Waals surface area contributed by atoms with Crippen LogP contribution in [0.25, 0.3) is 0 Å². The number of piperidine rings is 1. The summed E-state index contributed by atoms with van der Waals surface area (Å²) in [6, 6.07) is 5.32. The van der Waals surface area contributed by atoms with Gasteiger partial charge in [0.15, 0.2) is 11.5 Å². The van der Waals surface area contributed by atoms with E-state index in [-0.39, 0.29) is 18.2 Å². The first kappa shape index (κ1) is 16.6. The number of fused-ring (bicyclic) bond motifs is 1. The van der Waals surface area contributed by atoms with Crippen molar-refractivity contribution in [3.05, 3.63) is 23.8 Å². The minimum Gasteiger partial charge on any atom is -0.490 e. The van der Waals surface area contributed by atoms with E-state index in [4.69, 9.17) is 14.6 Å². The van der Waals surface area contributed by atoms with Crippen molar-refractivity contribution in [2.75, 3.05) is 26.3 Å². The Labute approximate surface area is 141 Å². The van der Waals surface area contributed by atoms with Gasteiger partial charge >= 0.3 is 5.97 Å². The summed E-state index contributed by atoms with van der Waals surface area (Å²) in [6.07, 6.45) is 3.52. The molecule has 1 saturated heterocycles. The highest BCUT2D eigenvalue weighted by atomic mass is 16.5. The second kappa shape index (κ2) is 7.55. The summed E-state index contributed by atoms with van der Waals surface area (Å²) in [5.74, 6) is 0.769. The molecule has 0 aromatic heterocycles. The van der Waals surface area contributed by atoms with Gasteiger partial charge in [-0.3, -0.25) is 9.59 Å². The lowest BCUT2D eigenvalue weighted by Crippen LogP contribution is -2.40. The van der Waals surface area contributed by atoms with E-state index in [0.717, 1.165) is 25.8 Å². The van der Waals surface area contributed by atoms with Gasteiger partial charge in [-0.2, -0.15) is 0 Å². The Bertz CT molecular complexity index is 615. The number of carboxylic acids is 1. The Morgan fingerprint density at radius 1 is 1.17 bits per heavy atom. The number of carboxylic acid groups (broad SMARTS) is 1. The third-order valence-electron chi connectivity index (χ3n) is 4.57. The Morgan fingerprint density at radius 3 is 2.75 bits per heavy atom. The number of nitrogens with zero attached hydrogens (tertiary/aromatic N) is 1. The fraction of sp³-hybridized carbons (Fsp3) is 0.556. The van der Waals surface area contributed by atoms with Crippen LogP contribution < -0.4 is 9.47 Å². The summed E-state index contributed by atoms with van der Waals surface area (Å²) in [5.41, 5.74) is 0.595. The summed E-state index contributed by atoms with van der Waals surface area (Å²) < 4.78 is 11.2.